The van der Waals surface area contributed by atoms with Crippen LogP contribution in [0.5, 0.6) is 0 Å². The summed E-state index contributed by atoms with van der Waals surface area (Å²) in [6, 6.07) is 9.75. The average Bonchev–Trinajstić information content (AvgIpc) is 2.27. The normalized spacial score (nSPS) is 13.3. The van der Waals surface area contributed by atoms with Gasteiger partial charge in [0.1, 0.15) is 5.76 Å². The Balaban J connectivity index is 2.93. The highest BCUT2D eigenvalue weighted by Crippen LogP contribution is 2.37. The Kier molecular flexibility index (Phi) is 4.51. The molecule has 0 spiro atoms. The SMILES string of the molecule is CC(C)(C)[Si](C)(C)OC(C=O)=Cc1ccccc1. The van der Waals surface area contributed by atoms with Gasteiger partial charge in [0, 0.05) is 0 Å². The van der Waals surface area contributed by atoms with Crippen LogP contribution >= 0.6 is 0 Å². The van der Waals surface area contributed by atoms with Crippen LogP contribution in [0.25, 0.3) is 6.08 Å². The zero-order valence-corrected chi connectivity index (χ0v) is 12.9. The maximum atomic E-state index is 11.1. The lowest BCUT2D eigenvalue weighted by atomic mass is 10.2. The van der Waals surface area contributed by atoms with Crippen molar-refractivity contribution < 1.29 is 9.22 Å². The number of hydrogen-bond donors (Lipinski definition) is 0. The summed E-state index contributed by atoms with van der Waals surface area (Å²) in [5.41, 5.74) is 0.985. The minimum absolute atomic E-state index is 0.0891. The van der Waals surface area contributed by atoms with E-state index in [0.29, 0.717) is 5.76 Å². The monoisotopic (exact) mass is 262 g/mol. The number of carbonyl (C=O) groups is 1. The van der Waals surface area contributed by atoms with E-state index in [-0.39, 0.29) is 5.04 Å². The highest BCUT2D eigenvalue weighted by atomic mass is 28.4. The molecule has 0 aromatic heterocycles. The lowest BCUT2D eigenvalue weighted by Crippen LogP contribution is -2.40. The van der Waals surface area contributed by atoms with Gasteiger partial charge in [0.15, 0.2) is 6.29 Å². The van der Waals surface area contributed by atoms with Crippen molar-refractivity contribution in [1.82, 2.24) is 0 Å². The van der Waals surface area contributed by atoms with Crippen molar-refractivity contribution in [2.75, 3.05) is 0 Å². The van der Waals surface area contributed by atoms with Gasteiger partial charge in [0.05, 0.1) is 0 Å². The van der Waals surface area contributed by atoms with Gasteiger partial charge in [0.2, 0.25) is 0 Å². The molecular formula is C15H22O2Si. The summed E-state index contributed by atoms with van der Waals surface area (Å²) in [5, 5.41) is 0.0891. The van der Waals surface area contributed by atoms with Crippen LogP contribution in [0.1, 0.15) is 26.3 Å². The molecule has 0 aliphatic heterocycles. The predicted octanol–water partition coefficient (Wildman–Crippen LogP) is 4.25. The smallest absolute Gasteiger partial charge is 0.250 e. The van der Waals surface area contributed by atoms with E-state index in [0.717, 1.165) is 11.8 Å². The second-order valence-electron chi connectivity index (χ2n) is 5.94. The average molecular weight is 262 g/mol. The van der Waals surface area contributed by atoms with E-state index in [1.54, 1.807) is 6.08 Å². The van der Waals surface area contributed by atoms with E-state index in [9.17, 15) is 4.79 Å². The molecule has 2 nitrogen and oxygen atoms in total. The van der Waals surface area contributed by atoms with Crippen LogP contribution in [0.2, 0.25) is 18.1 Å². The fraction of sp³-hybridized carbons (Fsp3) is 0.400. The van der Waals surface area contributed by atoms with Crippen molar-refractivity contribution in [2.24, 2.45) is 0 Å². The first-order valence-corrected chi connectivity index (χ1v) is 9.08. The van der Waals surface area contributed by atoms with Gasteiger partial charge in [-0.3, -0.25) is 4.79 Å². The molecule has 0 bridgehead atoms. The summed E-state index contributed by atoms with van der Waals surface area (Å²) < 4.78 is 5.99. The van der Waals surface area contributed by atoms with Gasteiger partial charge in [-0.1, -0.05) is 51.1 Å². The van der Waals surface area contributed by atoms with Gasteiger partial charge in [0.25, 0.3) is 8.32 Å². The van der Waals surface area contributed by atoms with Crippen molar-refractivity contribution in [3.63, 3.8) is 0 Å². The van der Waals surface area contributed by atoms with Gasteiger partial charge < -0.3 is 4.43 Å². The Hall–Kier alpha value is -1.35. The Morgan fingerprint density at radius 3 is 2.17 bits per heavy atom. The van der Waals surface area contributed by atoms with Crippen molar-refractivity contribution >= 4 is 20.7 Å². The Morgan fingerprint density at radius 1 is 1.17 bits per heavy atom. The third-order valence-corrected chi connectivity index (χ3v) is 7.76. The highest BCUT2D eigenvalue weighted by molar-refractivity contribution is 6.74. The molecule has 0 atom stereocenters. The molecule has 0 saturated carbocycles. The molecule has 0 heterocycles. The van der Waals surface area contributed by atoms with Crippen LogP contribution < -0.4 is 0 Å². The maximum absolute atomic E-state index is 11.1. The summed E-state index contributed by atoms with van der Waals surface area (Å²) in [6.07, 6.45) is 2.60. The van der Waals surface area contributed by atoms with Gasteiger partial charge in [-0.15, -0.1) is 0 Å². The molecule has 0 radical (unpaired) electrons. The summed E-state index contributed by atoms with van der Waals surface area (Å²) in [7, 11) is -1.94. The molecule has 0 fully saturated rings. The van der Waals surface area contributed by atoms with Gasteiger partial charge >= 0.3 is 0 Å². The van der Waals surface area contributed by atoms with E-state index < -0.39 is 8.32 Å². The fourth-order valence-electron chi connectivity index (χ4n) is 1.25. The molecule has 0 unspecified atom stereocenters. The summed E-state index contributed by atoms with van der Waals surface area (Å²) in [5.74, 6) is 0.424. The van der Waals surface area contributed by atoms with Gasteiger partial charge in [-0.25, -0.2) is 0 Å². The van der Waals surface area contributed by atoms with Crippen molar-refractivity contribution in [3.8, 4) is 0 Å². The number of benzene rings is 1. The fourth-order valence-corrected chi connectivity index (χ4v) is 2.25. The molecule has 0 amide bonds. The molecule has 0 aliphatic rings. The van der Waals surface area contributed by atoms with E-state index in [4.69, 9.17) is 4.43 Å². The summed E-state index contributed by atoms with van der Waals surface area (Å²) in [6.45, 7) is 10.7. The molecular weight excluding hydrogens is 240 g/mol. The maximum Gasteiger partial charge on any atom is 0.250 e. The zero-order chi connectivity index (χ0) is 13.8. The third kappa shape index (κ3) is 3.84. The topological polar surface area (TPSA) is 26.3 Å². The predicted molar refractivity (Wildman–Crippen MR) is 78.8 cm³/mol. The first-order chi connectivity index (χ1) is 8.26. The van der Waals surface area contributed by atoms with Crippen LogP contribution in [0.4, 0.5) is 0 Å². The van der Waals surface area contributed by atoms with Crippen LogP contribution in [0.3, 0.4) is 0 Å². The van der Waals surface area contributed by atoms with Gasteiger partial charge in [-0.2, -0.15) is 0 Å². The lowest BCUT2D eigenvalue weighted by Gasteiger charge is -2.36. The minimum Gasteiger partial charge on any atom is -0.541 e. The second kappa shape index (κ2) is 5.53. The minimum atomic E-state index is -1.94. The molecule has 1 aromatic rings. The van der Waals surface area contributed by atoms with E-state index in [1.165, 1.54) is 0 Å². The second-order valence-corrected chi connectivity index (χ2v) is 10.7. The largest absolute Gasteiger partial charge is 0.541 e. The Bertz CT molecular complexity index is 428. The lowest BCUT2D eigenvalue weighted by molar-refractivity contribution is -0.106. The van der Waals surface area contributed by atoms with Crippen LogP contribution in [-0.4, -0.2) is 14.6 Å². The number of carbonyl (C=O) groups excluding carboxylic acids is 1. The highest BCUT2D eigenvalue weighted by Gasteiger charge is 2.39. The van der Waals surface area contributed by atoms with Crippen molar-refractivity contribution in [1.29, 1.82) is 0 Å². The first kappa shape index (κ1) is 14.7. The van der Waals surface area contributed by atoms with E-state index >= 15 is 0 Å². The molecule has 18 heavy (non-hydrogen) atoms. The summed E-state index contributed by atoms with van der Waals surface area (Å²) >= 11 is 0. The molecule has 0 N–H and O–H groups in total. The Morgan fingerprint density at radius 2 is 1.72 bits per heavy atom. The van der Waals surface area contributed by atoms with Crippen molar-refractivity contribution in [3.05, 3.63) is 41.7 Å². The molecule has 3 heteroatoms. The molecule has 98 valence electrons. The summed E-state index contributed by atoms with van der Waals surface area (Å²) in [4.78, 5) is 11.1. The van der Waals surface area contributed by atoms with Gasteiger partial charge in [-0.05, 0) is 29.8 Å². The molecule has 1 aromatic carbocycles. The number of allylic oxidation sites excluding steroid dienone is 1. The first-order valence-electron chi connectivity index (χ1n) is 6.17. The molecule has 0 aliphatic carbocycles. The quantitative estimate of drug-likeness (QED) is 0.351. The third-order valence-electron chi connectivity index (χ3n) is 3.40. The number of aldehydes is 1. The van der Waals surface area contributed by atoms with Crippen LogP contribution in [-0.2, 0) is 9.22 Å². The Labute approximate surface area is 111 Å². The van der Waals surface area contributed by atoms with Crippen LogP contribution in [0, 0.1) is 0 Å². The molecule has 0 saturated heterocycles. The zero-order valence-electron chi connectivity index (χ0n) is 11.9. The molecule has 1 rings (SSSR count). The van der Waals surface area contributed by atoms with Crippen LogP contribution in [0.15, 0.2) is 36.1 Å². The standard InChI is InChI=1S/C15H22O2Si/c1-15(2,3)18(4,5)17-14(12-16)11-13-9-7-6-8-10-13/h6-12H,1-5H3. The number of rotatable bonds is 4. The number of hydrogen-bond acceptors (Lipinski definition) is 2. The van der Waals surface area contributed by atoms with Crippen molar-refractivity contribution in [2.45, 2.75) is 38.9 Å². The van der Waals surface area contributed by atoms with E-state index in [1.807, 2.05) is 30.3 Å². The van der Waals surface area contributed by atoms with E-state index in [2.05, 4.69) is 33.9 Å².